The van der Waals surface area contributed by atoms with Crippen LogP contribution in [0.25, 0.3) is 0 Å². The maximum absolute atomic E-state index is 12.1. The van der Waals surface area contributed by atoms with Gasteiger partial charge in [0.05, 0.1) is 18.2 Å². The van der Waals surface area contributed by atoms with Gasteiger partial charge >= 0.3 is 0 Å². The van der Waals surface area contributed by atoms with E-state index in [-0.39, 0.29) is 24.0 Å². The fourth-order valence-electron chi connectivity index (χ4n) is 2.16. The fraction of sp³-hybridized carbons (Fsp3) is 0.833. The maximum atomic E-state index is 12.1. The summed E-state index contributed by atoms with van der Waals surface area (Å²) in [5, 5.41) is 2.93. The van der Waals surface area contributed by atoms with Gasteiger partial charge in [0.15, 0.2) is 0 Å². The summed E-state index contributed by atoms with van der Waals surface area (Å²) in [5.41, 5.74) is 5.58. The average Bonchev–Trinajstić information content (AvgIpc) is 2.27. The van der Waals surface area contributed by atoms with Crippen molar-refractivity contribution in [3.05, 3.63) is 0 Å². The summed E-state index contributed by atoms with van der Waals surface area (Å²) in [5.74, 6) is 0.0134. The molecule has 0 aromatic carbocycles. The molecule has 1 fully saturated rings. The number of nitrogens with two attached hydrogens (primary N) is 1. The summed E-state index contributed by atoms with van der Waals surface area (Å²) in [6, 6.07) is 0.0481. The van der Waals surface area contributed by atoms with Crippen LogP contribution in [0.5, 0.6) is 0 Å². The van der Waals surface area contributed by atoms with Gasteiger partial charge in [-0.1, -0.05) is 12.2 Å². The van der Waals surface area contributed by atoms with E-state index in [9.17, 15) is 4.79 Å². The first-order valence-electron chi connectivity index (χ1n) is 6.34. The van der Waals surface area contributed by atoms with Gasteiger partial charge in [-0.2, -0.15) is 0 Å². The van der Waals surface area contributed by atoms with Crippen molar-refractivity contribution in [1.82, 2.24) is 10.2 Å². The Bertz CT molecular complexity index is 310. The van der Waals surface area contributed by atoms with Crippen molar-refractivity contribution in [2.24, 2.45) is 5.73 Å². The highest BCUT2D eigenvalue weighted by atomic mass is 32.1. The molecule has 18 heavy (non-hydrogen) atoms. The summed E-state index contributed by atoms with van der Waals surface area (Å²) in [7, 11) is 0. The van der Waals surface area contributed by atoms with E-state index in [4.69, 9.17) is 22.7 Å². The number of nitrogens with zero attached hydrogens (tertiary/aromatic N) is 1. The Labute approximate surface area is 114 Å². The minimum atomic E-state index is -0.245. The number of carbonyl (C=O) groups is 1. The first-order chi connectivity index (χ1) is 8.41. The zero-order chi connectivity index (χ0) is 13.7. The number of thiocarbonyl (C=S) groups is 1. The molecule has 0 saturated carbocycles. The largest absolute Gasteiger partial charge is 0.393 e. The van der Waals surface area contributed by atoms with Crippen LogP contribution >= 0.6 is 12.2 Å². The van der Waals surface area contributed by atoms with Crippen molar-refractivity contribution < 1.29 is 9.53 Å². The molecule has 0 aliphatic carbocycles. The van der Waals surface area contributed by atoms with Crippen LogP contribution in [-0.4, -0.2) is 53.7 Å². The molecule has 1 aliphatic rings. The van der Waals surface area contributed by atoms with Crippen LogP contribution < -0.4 is 11.1 Å². The van der Waals surface area contributed by atoms with Gasteiger partial charge in [0, 0.05) is 25.0 Å². The molecule has 6 heteroatoms. The molecule has 0 aromatic rings. The molecule has 104 valence electrons. The summed E-state index contributed by atoms with van der Waals surface area (Å²) >= 11 is 4.93. The third-order valence-corrected chi connectivity index (χ3v) is 3.13. The SMILES string of the molecule is CC(C)NC(=O)C1COCCN1C(C)CC(N)=S. The Balaban J connectivity index is 2.66. The third kappa shape index (κ3) is 4.51. The summed E-state index contributed by atoms with van der Waals surface area (Å²) < 4.78 is 5.40. The second kappa shape index (κ2) is 7.01. The number of amides is 1. The van der Waals surface area contributed by atoms with Crippen LogP contribution in [0, 0.1) is 0 Å². The molecular weight excluding hydrogens is 250 g/mol. The number of morpholine rings is 1. The van der Waals surface area contributed by atoms with Crippen LogP contribution in [0.2, 0.25) is 0 Å². The monoisotopic (exact) mass is 273 g/mol. The van der Waals surface area contributed by atoms with E-state index in [1.807, 2.05) is 20.8 Å². The highest BCUT2D eigenvalue weighted by molar-refractivity contribution is 7.80. The fourth-order valence-corrected chi connectivity index (χ4v) is 2.40. The molecule has 0 radical (unpaired) electrons. The van der Waals surface area contributed by atoms with Crippen molar-refractivity contribution in [2.75, 3.05) is 19.8 Å². The van der Waals surface area contributed by atoms with Crippen LogP contribution in [-0.2, 0) is 9.53 Å². The van der Waals surface area contributed by atoms with Crippen LogP contribution in [0.4, 0.5) is 0 Å². The Morgan fingerprint density at radius 1 is 1.56 bits per heavy atom. The zero-order valence-corrected chi connectivity index (χ0v) is 12.1. The molecule has 3 N–H and O–H groups in total. The second-order valence-corrected chi connectivity index (χ2v) is 5.54. The lowest BCUT2D eigenvalue weighted by Gasteiger charge is -2.38. The first kappa shape index (κ1) is 15.3. The molecular formula is C12H23N3O2S. The van der Waals surface area contributed by atoms with E-state index in [0.717, 1.165) is 6.54 Å². The quantitative estimate of drug-likeness (QED) is 0.704. The standard InChI is InChI=1S/C12H23N3O2S/c1-8(2)14-12(16)10-7-17-5-4-15(10)9(3)6-11(13)18/h8-10H,4-7H2,1-3H3,(H2,13,18)(H,14,16). The Morgan fingerprint density at radius 2 is 2.22 bits per heavy atom. The van der Waals surface area contributed by atoms with Gasteiger partial charge in [-0.25, -0.2) is 0 Å². The topological polar surface area (TPSA) is 67.6 Å². The van der Waals surface area contributed by atoms with Gasteiger partial charge in [-0.3, -0.25) is 9.69 Å². The van der Waals surface area contributed by atoms with Gasteiger partial charge < -0.3 is 15.8 Å². The minimum Gasteiger partial charge on any atom is -0.393 e. The molecule has 5 nitrogen and oxygen atoms in total. The zero-order valence-electron chi connectivity index (χ0n) is 11.3. The predicted octanol–water partition coefficient (Wildman–Crippen LogP) is 0.277. The number of nitrogens with one attached hydrogen (secondary N) is 1. The van der Waals surface area contributed by atoms with Gasteiger partial charge in [-0.05, 0) is 20.8 Å². The predicted molar refractivity (Wildman–Crippen MR) is 75.5 cm³/mol. The average molecular weight is 273 g/mol. The summed E-state index contributed by atoms with van der Waals surface area (Å²) in [6.07, 6.45) is 0.626. The minimum absolute atomic E-state index is 0.0134. The van der Waals surface area contributed by atoms with Crippen molar-refractivity contribution in [3.63, 3.8) is 0 Å². The molecule has 1 amide bonds. The molecule has 0 spiro atoms. The second-order valence-electron chi connectivity index (χ2n) is 5.01. The molecule has 1 aliphatic heterocycles. The van der Waals surface area contributed by atoms with Crippen molar-refractivity contribution in [2.45, 2.75) is 45.3 Å². The molecule has 2 unspecified atom stereocenters. The Hall–Kier alpha value is -0.720. The van der Waals surface area contributed by atoms with Gasteiger partial charge in [0.1, 0.15) is 6.04 Å². The van der Waals surface area contributed by atoms with E-state index in [2.05, 4.69) is 10.2 Å². The molecule has 1 rings (SSSR count). The highest BCUT2D eigenvalue weighted by Gasteiger charge is 2.32. The molecule has 1 saturated heterocycles. The van der Waals surface area contributed by atoms with Crippen molar-refractivity contribution in [3.8, 4) is 0 Å². The number of carbonyl (C=O) groups excluding carboxylic acids is 1. The lowest BCUT2D eigenvalue weighted by atomic mass is 10.1. The smallest absolute Gasteiger partial charge is 0.239 e. The number of ether oxygens (including phenoxy) is 1. The van der Waals surface area contributed by atoms with E-state index in [1.54, 1.807) is 0 Å². The van der Waals surface area contributed by atoms with Crippen molar-refractivity contribution >= 4 is 23.1 Å². The van der Waals surface area contributed by atoms with E-state index in [1.165, 1.54) is 0 Å². The first-order valence-corrected chi connectivity index (χ1v) is 6.74. The maximum Gasteiger partial charge on any atom is 0.239 e. The van der Waals surface area contributed by atoms with Crippen LogP contribution in [0.15, 0.2) is 0 Å². The molecule has 0 aromatic heterocycles. The summed E-state index contributed by atoms with van der Waals surface area (Å²) in [4.78, 5) is 14.7. The lowest BCUT2D eigenvalue weighted by Crippen LogP contribution is -2.57. The highest BCUT2D eigenvalue weighted by Crippen LogP contribution is 2.14. The van der Waals surface area contributed by atoms with Gasteiger partial charge in [0.25, 0.3) is 0 Å². The van der Waals surface area contributed by atoms with E-state index in [0.29, 0.717) is 24.6 Å². The van der Waals surface area contributed by atoms with E-state index >= 15 is 0 Å². The van der Waals surface area contributed by atoms with Crippen LogP contribution in [0.3, 0.4) is 0 Å². The molecule has 0 bridgehead atoms. The number of rotatable bonds is 5. The number of hydrogen-bond donors (Lipinski definition) is 2. The Kier molecular flexibility index (Phi) is 5.98. The molecule has 1 heterocycles. The van der Waals surface area contributed by atoms with Gasteiger partial charge in [0.2, 0.25) is 5.91 Å². The normalized spacial score (nSPS) is 22.8. The van der Waals surface area contributed by atoms with Crippen molar-refractivity contribution in [1.29, 1.82) is 0 Å². The number of hydrogen-bond acceptors (Lipinski definition) is 4. The lowest BCUT2D eigenvalue weighted by molar-refractivity contribution is -0.134. The Morgan fingerprint density at radius 3 is 2.78 bits per heavy atom. The molecule has 2 atom stereocenters. The van der Waals surface area contributed by atoms with Crippen LogP contribution in [0.1, 0.15) is 27.2 Å². The summed E-state index contributed by atoms with van der Waals surface area (Å²) in [6.45, 7) is 7.75. The third-order valence-electron chi connectivity index (χ3n) is 2.97. The van der Waals surface area contributed by atoms with Gasteiger partial charge in [-0.15, -0.1) is 0 Å². The van der Waals surface area contributed by atoms with E-state index < -0.39 is 0 Å².